The molecule has 0 fully saturated rings. The summed E-state index contributed by atoms with van der Waals surface area (Å²) in [5.74, 6) is -2.15. The van der Waals surface area contributed by atoms with E-state index < -0.39 is 97.5 Å². The van der Waals surface area contributed by atoms with Crippen LogP contribution in [0.2, 0.25) is 0 Å². The van der Waals surface area contributed by atoms with Crippen LogP contribution in [0.15, 0.2) is 24.3 Å². The monoisotopic (exact) mass is 1350 g/mol. The first-order valence-electron chi connectivity index (χ1n) is 37.6. The molecule has 0 bridgehead atoms. The lowest BCUT2D eigenvalue weighted by Gasteiger charge is -2.21. The van der Waals surface area contributed by atoms with Crippen LogP contribution in [0.5, 0.6) is 0 Å². The molecule has 0 aliphatic rings. The number of ether oxygens (including phenoxy) is 4. The molecule has 0 rings (SSSR count). The normalized spacial score (nSPS) is 14.1. The van der Waals surface area contributed by atoms with Gasteiger partial charge in [0.25, 0.3) is 0 Å². The van der Waals surface area contributed by atoms with E-state index in [1.54, 1.807) is 0 Å². The van der Waals surface area contributed by atoms with Gasteiger partial charge in [0.1, 0.15) is 19.3 Å². The van der Waals surface area contributed by atoms with Crippen LogP contribution >= 0.6 is 15.6 Å². The summed E-state index contributed by atoms with van der Waals surface area (Å²) in [5, 5.41) is 10.6. The van der Waals surface area contributed by atoms with Gasteiger partial charge < -0.3 is 33.8 Å². The van der Waals surface area contributed by atoms with Crippen LogP contribution in [-0.4, -0.2) is 96.7 Å². The van der Waals surface area contributed by atoms with Crippen LogP contribution in [0.4, 0.5) is 0 Å². The molecular formula is C73H138O17P2. The number of aliphatic hydroxyl groups is 1. The average molecular weight is 1350 g/mol. The molecule has 92 heavy (non-hydrogen) atoms. The zero-order valence-electron chi connectivity index (χ0n) is 59.0. The molecule has 0 aromatic heterocycles. The summed E-state index contributed by atoms with van der Waals surface area (Å²) >= 11 is 0. The lowest BCUT2D eigenvalue weighted by atomic mass is 10.0. The van der Waals surface area contributed by atoms with Crippen LogP contribution in [-0.2, 0) is 65.4 Å². The third-order valence-corrected chi connectivity index (χ3v) is 18.3. The molecule has 2 unspecified atom stereocenters. The van der Waals surface area contributed by atoms with E-state index in [4.69, 9.17) is 37.0 Å². The number of carbonyl (C=O) groups is 4. The lowest BCUT2D eigenvalue weighted by molar-refractivity contribution is -0.161. The standard InChI is InChI=1S/C73H138O17P2/c1-5-9-13-17-21-25-29-33-37-41-45-49-53-57-70(75)83-63-68(89-72(77)59-55-51-47-43-39-35-31-27-23-19-15-11-7-3)65-87-91(79,80)85-61-67(74)62-86-92(81,82)88-66-69(90-73(78)60-56-52-48-44-40-36-32-28-24-20-16-12-8-4)64-84-71(76)58-54-50-46-42-38-34-30-26-22-18-14-10-6-2/h25,27,29,31,67-69,74H,5-24,26,28,30,32-66H2,1-4H3,(H,79,80)(H,81,82)/b29-25-,31-27-/t67-,68-,69-/m1/s1. The number of aliphatic hydroxyl groups excluding tert-OH is 1. The van der Waals surface area contributed by atoms with E-state index >= 15 is 0 Å². The van der Waals surface area contributed by atoms with Gasteiger partial charge in [0, 0.05) is 25.7 Å². The van der Waals surface area contributed by atoms with Crippen molar-refractivity contribution in [2.45, 2.75) is 380 Å². The summed E-state index contributed by atoms with van der Waals surface area (Å²) < 4.78 is 68.4. The third kappa shape index (κ3) is 66.2. The molecule has 0 saturated carbocycles. The zero-order valence-corrected chi connectivity index (χ0v) is 60.8. The van der Waals surface area contributed by atoms with E-state index in [2.05, 4.69) is 52.0 Å². The minimum atomic E-state index is -4.96. The molecule has 0 spiro atoms. The van der Waals surface area contributed by atoms with Crippen LogP contribution in [0.1, 0.15) is 362 Å². The molecule has 0 aromatic carbocycles. The van der Waals surface area contributed by atoms with E-state index in [0.29, 0.717) is 25.7 Å². The highest BCUT2D eigenvalue weighted by Gasteiger charge is 2.30. The topological polar surface area (TPSA) is 237 Å². The molecule has 3 N–H and O–H groups in total. The Morgan fingerprint density at radius 2 is 0.500 bits per heavy atom. The summed E-state index contributed by atoms with van der Waals surface area (Å²) in [4.78, 5) is 72.7. The Bertz CT molecular complexity index is 1850. The van der Waals surface area contributed by atoms with Gasteiger partial charge in [0.2, 0.25) is 0 Å². The summed E-state index contributed by atoms with van der Waals surface area (Å²) in [5.41, 5.74) is 0. The first kappa shape index (κ1) is 89.5. The number of allylic oxidation sites excluding steroid dienone is 4. The lowest BCUT2D eigenvalue weighted by Crippen LogP contribution is -2.30. The summed E-state index contributed by atoms with van der Waals surface area (Å²) in [6, 6.07) is 0. The van der Waals surface area contributed by atoms with Crippen molar-refractivity contribution in [3.05, 3.63) is 24.3 Å². The maximum absolute atomic E-state index is 13.0. The number of carbonyl (C=O) groups excluding carboxylic acids is 4. The van der Waals surface area contributed by atoms with Crippen molar-refractivity contribution < 1.29 is 80.2 Å². The predicted molar refractivity (Wildman–Crippen MR) is 372 cm³/mol. The van der Waals surface area contributed by atoms with Crippen LogP contribution in [0, 0.1) is 0 Å². The van der Waals surface area contributed by atoms with Gasteiger partial charge in [-0.15, -0.1) is 0 Å². The summed E-state index contributed by atoms with van der Waals surface area (Å²) in [6.45, 7) is 4.90. The Morgan fingerprint density at radius 1 is 0.293 bits per heavy atom. The molecule has 0 heterocycles. The number of hydrogen-bond acceptors (Lipinski definition) is 15. The number of phosphoric ester groups is 2. The van der Waals surface area contributed by atoms with Gasteiger partial charge >= 0.3 is 39.5 Å². The highest BCUT2D eigenvalue weighted by Crippen LogP contribution is 2.45. The average Bonchev–Trinajstić information content (AvgIpc) is 3.63. The Hall–Kier alpha value is -2.46. The Balaban J connectivity index is 5.29. The van der Waals surface area contributed by atoms with Gasteiger partial charge in [-0.1, -0.05) is 283 Å². The minimum Gasteiger partial charge on any atom is -0.462 e. The largest absolute Gasteiger partial charge is 0.472 e. The van der Waals surface area contributed by atoms with E-state index in [-0.39, 0.29) is 25.7 Å². The maximum atomic E-state index is 13.0. The fraction of sp³-hybridized carbons (Fsp3) is 0.890. The fourth-order valence-corrected chi connectivity index (χ4v) is 12.2. The third-order valence-electron chi connectivity index (χ3n) is 16.4. The van der Waals surface area contributed by atoms with Crippen molar-refractivity contribution in [1.29, 1.82) is 0 Å². The molecule has 17 nitrogen and oxygen atoms in total. The molecule has 0 amide bonds. The molecule has 0 saturated heterocycles. The van der Waals surface area contributed by atoms with Gasteiger partial charge in [-0.05, 0) is 77.0 Å². The van der Waals surface area contributed by atoms with Crippen LogP contribution < -0.4 is 0 Å². The molecule has 0 aliphatic heterocycles. The van der Waals surface area contributed by atoms with E-state index in [9.17, 15) is 43.2 Å². The SMILES string of the molecule is CCCCCC/C=C\CCCCCCCC(=O)OC[C@H](COP(=O)(O)OC[C@@H](O)COP(=O)(O)OC[C@@H](COC(=O)CCCCCCCCCCCCCCC)OC(=O)CCCCCCCCCCCCCCC)OC(=O)CCCCCCC/C=C\CCCCCC. The maximum Gasteiger partial charge on any atom is 0.472 e. The predicted octanol–water partition coefficient (Wildman–Crippen LogP) is 21.0. The molecule has 0 radical (unpaired) electrons. The zero-order chi connectivity index (χ0) is 67.5. The van der Waals surface area contributed by atoms with Gasteiger partial charge in [0.05, 0.1) is 26.4 Å². The molecule has 19 heteroatoms. The molecule has 542 valence electrons. The van der Waals surface area contributed by atoms with Crippen molar-refractivity contribution in [2.24, 2.45) is 0 Å². The number of hydrogen-bond donors (Lipinski definition) is 3. The van der Waals surface area contributed by atoms with E-state index in [0.717, 1.165) is 122 Å². The first-order valence-corrected chi connectivity index (χ1v) is 40.6. The summed E-state index contributed by atoms with van der Waals surface area (Å²) in [7, 11) is -9.92. The van der Waals surface area contributed by atoms with E-state index in [1.807, 2.05) is 0 Å². The number of unbranched alkanes of at least 4 members (excludes halogenated alkanes) is 42. The molecule has 5 atom stereocenters. The Morgan fingerprint density at radius 3 is 0.761 bits per heavy atom. The minimum absolute atomic E-state index is 0.0904. The van der Waals surface area contributed by atoms with Crippen molar-refractivity contribution in [2.75, 3.05) is 39.6 Å². The first-order chi connectivity index (χ1) is 44.7. The highest BCUT2D eigenvalue weighted by atomic mass is 31.2. The highest BCUT2D eigenvalue weighted by molar-refractivity contribution is 7.47. The van der Waals surface area contributed by atoms with E-state index in [1.165, 1.54) is 161 Å². The van der Waals surface area contributed by atoms with Gasteiger partial charge in [-0.3, -0.25) is 37.3 Å². The smallest absolute Gasteiger partial charge is 0.462 e. The van der Waals surface area contributed by atoms with Crippen molar-refractivity contribution in [3.63, 3.8) is 0 Å². The second-order valence-electron chi connectivity index (χ2n) is 25.6. The fourth-order valence-electron chi connectivity index (χ4n) is 10.6. The van der Waals surface area contributed by atoms with Crippen LogP contribution in [0.3, 0.4) is 0 Å². The van der Waals surface area contributed by atoms with Crippen molar-refractivity contribution >= 4 is 39.5 Å². The Labute approximate surface area is 561 Å². The number of phosphoric acid groups is 2. The van der Waals surface area contributed by atoms with Crippen LogP contribution in [0.25, 0.3) is 0 Å². The molecular weight excluding hydrogens is 1210 g/mol. The second kappa shape index (κ2) is 67.1. The Kier molecular flexibility index (Phi) is 65.3. The van der Waals surface area contributed by atoms with Gasteiger partial charge in [0.15, 0.2) is 12.2 Å². The van der Waals surface area contributed by atoms with Gasteiger partial charge in [-0.2, -0.15) is 0 Å². The molecule has 0 aliphatic carbocycles. The summed E-state index contributed by atoms with van der Waals surface area (Å²) in [6.07, 6.45) is 58.8. The quantitative estimate of drug-likeness (QED) is 0.0169. The number of esters is 4. The second-order valence-corrected chi connectivity index (χ2v) is 28.5. The molecule has 0 aromatic rings. The van der Waals surface area contributed by atoms with Crippen molar-refractivity contribution in [3.8, 4) is 0 Å². The number of rotatable bonds is 72. The van der Waals surface area contributed by atoms with Crippen molar-refractivity contribution in [1.82, 2.24) is 0 Å². The van der Waals surface area contributed by atoms with Gasteiger partial charge in [-0.25, -0.2) is 9.13 Å².